The Hall–Kier alpha value is -4.27. The number of carbonyl (C=O) groups excluding carboxylic acids is 2. The second kappa shape index (κ2) is 9.41. The van der Waals surface area contributed by atoms with E-state index in [4.69, 9.17) is 9.47 Å². The van der Waals surface area contributed by atoms with Crippen LogP contribution in [0.4, 0.5) is 0 Å². The number of rotatable bonds is 7. The second-order valence-corrected chi connectivity index (χ2v) is 9.03. The molecule has 36 heavy (non-hydrogen) atoms. The van der Waals surface area contributed by atoms with Crippen molar-refractivity contribution in [2.75, 3.05) is 13.7 Å². The summed E-state index contributed by atoms with van der Waals surface area (Å²) in [4.78, 5) is 32.0. The van der Waals surface area contributed by atoms with Crippen molar-refractivity contribution in [3.05, 3.63) is 77.4 Å². The van der Waals surface area contributed by atoms with E-state index in [2.05, 4.69) is 4.98 Å². The van der Waals surface area contributed by atoms with Crippen LogP contribution in [0.25, 0.3) is 5.76 Å². The lowest BCUT2D eigenvalue weighted by atomic mass is 9.94. The quantitative estimate of drug-likeness (QED) is 0.297. The average Bonchev–Trinajstić information content (AvgIpc) is 3.58. The maximum atomic E-state index is 13.3. The molecule has 3 heterocycles. The largest absolute Gasteiger partial charge is 0.507 e. The van der Waals surface area contributed by atoms with Crippen molar-refractivity contribution in [3.8, 4) is 17.2 Å². The fraction of sp³-hybridized carbons (Fsp3) is 0.296. The van der Waals surface area contributed by atoms with E-state index >= 15 is 0 Å². The molecule has 0 saturated carbocycles. The van der Waals surface area contributed by atoms with Gasteiger partial charge in [-0.1, -0.05) is 6.07 Å². The first-order valence-electron chi connectivity index (χ1n) is 11.8. The van der Waals surface area contributed by atoms with Crippen LogP contribution >= 0.6 is 0 Å². The van der Waals surface area contributed by atoms with Gasteiger partial charge in [-0.3, -0.25) is 9.59 Å². The molecule has 2 aliphatic rings. The van der Waals surface area contributed by atoms with Crippen LogP contribution in [0, 0.1) is 0 Å². The number of hydrogen-bond acceptors (Lipinski definition) is 7. The molecule has 2 atom stereocenters. The van der Waals surface area contributed by atoms with Crippen molar-refractivity contribution in [2.45, 2.75) is 38.5 Å². The minimum atomic E-state index is -0.842. The lowest BCUT2D eigenvalue weighted by molar-refractivity contribution is -0.139. The highest BCUT2D eigenvalue weighted by molar-refractivity contribution is 6.46. The van der Waals surface area contributed by atoms with E-state index in [0.717, 1.165) is 11.3 Å². The lowest BCUT2D eigenvalue weighted by Crippen LogP contribution is -2.31. The summed E-state index contributed by atoms with van der Waals surface area (Å²) in [5.74, 6) is -0.787. The van der Waals surface area contributed by atoms with Crippen molar-refractivity contribution >= 4 is 17.4 Å². The summed E-state index contributed by atoms with van der Waals surface area (Å²) in [5, 5.41) is 21.5. The first-order valence-corrected chi connectivity index (χ1v) is 11.8. The third kappa shape index (κ3) is 4.17. The Labute approximate surface area is 208 Å². The maximum absolute atomic E-state index is 13.3. The minimum absolute atomic E-state index is 0.00212. The Balaban J connectivity index is 1.56. The number of aromatic nitrogens is 2. The number of carbonyl (C=O) groups is 2. The third-order valence-electron chi connectivity index (χ3n) is 6.60. The summed E-state index contributed by atoms with van der Waals surface area (Å²) in [5.41, 5.74) is 1.93. The Morgan fingerprint density at radius 3 is 2.78 bits per heavy atom. The predicted octanol–water partition coefficient (Wildman–Crippen LogP) is 3.43. The summed E-state index contributed by atoms with van der Waals surface area (Å²) in [6.45, 7) is 2.85. The van der Waals surface area contributed by atoms with Crippen LogP contribution in [0.2, 0.25) is 0 Å². The van der Waals surface area contributed by atoms with E-state index in [1.807, 2.05) is 17.7 Å². The number of imidazole rings is 1. The van der Waals surface area contributed by atoms with Crippen LogP contribution in [-0.2, 0) is 22.6 Å². The number of fused-ring (bicyclic) bond motifs is 1. The van der Waals surface area contributed by atoms with Crippen LogP contribution in [-0.4, -0.2) is 56.1 Å². The number of aliphatic hydroxyl groups excluding tert-OH is 1. The normalized spacial score (nSPS) is 20.4. The highest BCUT2D eigenvalue weighted by Gasteiger charge is 2.46. The van der Waals surface area contributed by atoms with Gasteiger partial charge < -0.3 is 29.2 Å². The van der Waals surface area contributed by atoms with E-state index in [1.165, 1.54) is 18.1 Å². The topological polar surface area (TPSA) is 114 Å². The van der Waals surface area contributed by atoms with Crippen molar-refractivity contribution in [3.63, 3.8) is 0 Å². The van der Waals surface area contributed by atoms with Gasteiger partial charge in [0.05, 0.1) is 25.1 Å². The van der Waals surface area contributed by atoms with Gasteiger partial charge in [0.2, 0.25) is 0 Å². The van der Waals surface area contributed by atoms with Crippen LogP contribution in [0.5, 0.6) is 17.2 Å². The number of ketones is 1. The lowest BCUT2D eigenvalue weighted by Gasteiger charge is -2.26. The van der Waals surface area contributed by atoms with Gasteiger partial charge >= 0.3 is 0 Å². The number of nitrogens with zero attached hydrogens (tertiary/aromatic N) is 3. The summed E-state index contributed by atoms with van der Waals surface area (Å²) in [6.07, 6.45) is 6.49. The number of ether oxygens (including phenoxy) is 2. The zero-order chi connectivity index (χ0) is 25.4. The molecule has 1 aromatic heterocycles. The Morgan fingerprint density at radius 2 is 2.03 bits per heavy atom. The van der Waals surface area contributed by atoms with E-state index < -0.39 is 17.7 Å². The van der Waals surface area contributed by atoms with Gasteiger partial charge in [0.1, 0.15) is 17.6 Å². The number of phenols is 1. The highest BCUT2D eigenvalue weighted by Crippen LogP contribution is 2.42. The zero-order valence-corrected chi connectivity index (χ0v) is 20.0. The molecule has 0 bridgehead atoms. The Bertz CT molecular complexity index is 1350. The molecule has 2 aliphatic heterocycles. The van der Waals surface area contributed by atoms with Gasteiger partial charge in [0.25, 0.3) is 11.7 Å². The number of benzene rings is 2. The predicted molar refractivity (Wildman–Crippen MR) is 131 cm³/mol. The van der Waals surface area contributed by atoms with Crippen molar-refractivity contribution in [2.24, 2.45) is 0 Å². The molecule has 3 aromatic rings. The number of amides is 1. The van der Waals surface area contributed by atoms with E-state index in [1.54, 1.807) is 42.9 Å². The van der Waals surface area contributed by atoms with Crippen molar-refractivity contribution in [1.82, 2.24) is 14.5 Å². The number of aryl methyl sites for hydroxylation is 1. The second-order valence-electron chi connectivity index (χ2n) is 9.03. The summed E-state index contributed by atoms with van der Waals surface area (Å²) in [7, 11) is 1.43. The number of phenolic OH excluding ortho intramolecular Hbond substituents is 1. The first-order chi connectivity index (χ1) is 17.4. The van der Waals surface area contributed by atoms with Crippen molar-refractivity contribution < 1.29 is 29.3 Å². The molecule has 2 aromatic carbocycles. The first kappa shape index (κ1) is 23.5. The van der Waals surface area contributed by atoms with Crippen LogP contribution in [0.1, 0.15) is 36.1 Å². The molecule has 1 amide bonds. The van der Waals surface area contributed by atoms with Gasteiger partial charge in [0, 0.05) is 37.5 Å². The SMILES string of the molecule is COc1cc([C@H]2/C(=C(\O)c3ccc4c(c3)C[C@H](C)O4)C(=O)C(=O)N2CCCn2ccnc2)ccc1O. The molecule has 1 fully saturated rings. The van der Waals surface area contributed by atoms with E-state index in [-0.39, 0.29) is 35.5 Å². The fourth-order valence-electron chi connectivity index (χ4n) is 4.89. The molecule has 2 N–H and O–H groups in total. The molecule has 186 valence electrons. The number of hydrogen-bond donors (Lipinski definition) is 2. The highest BCUT2D eigenvalue weighted by atomic mass is 16.5. The van der Waals surface area contributed by atoms with Gasteiger partial charge in [-0.15, -0.1) is 0 Å². The molecule has 0 aliphatic carbocycles. The molecule has 5 rings (SSSR count). The molecule has 1 saturated heterocycles. The number of aliphatic hydroxyl groups is 1. The van der Waals surface area contributed by atoms with Crippen molar-refractivity contribution in [1.29, 1.82) is 0 Å². The molecule has 9 nitrogen and oxygen atoms in total. The molecule has 0 unspecified atom stereocenters. The van der Waals surface area contributed by atoms with Crippen LogP contribution in [0.3, 0.4) is 0 Å². The Morgan fingerprint density at radius 1 is 1.19 bits per heavy atom. The number of Topliss-reactive ketones (excluding diaryl/α,β-unsaturated/α-hetero) is 1. The number of aromatic hydroxyl groups is 1. The zero-order valence-electron chi connectivity index (χ0n) is 20.0. The summed E-state index contributed by atoms with van der Waals surface area (Å²) in [6, 6.07) is 9.08. The standard InChI is InChI=1S/C27H27N3O6/c1-16-12-19-13-18(5-7-21(19)36-16)25(32)23-24(17-4-6-20(31)22(14-17)35-2)30(27(34)26(23)33)10-3-9-29-11-8-28-15-29/h4-8,11,13-16,24,31-32H,3,9-10,12H2,1-2H3/b25-23+/t16-,24-/m0/s1. The maximum Gasteiger partial charge on any atom is 0.295 e. The van der Waals surface area contributed by atoms with Gasteiger partial charge in [-0.2, -0.15) is 0 Å². The average molecular weight is 490 g/mol. The summed E-state index contributed by atoms with van der Waals surface area (Å²) >= 11 is 0. The molecule has 9 heteroatoms. The van der Waals surface area contributed by atoms with Crippen LogP contribution < -0.4 is 9.47 Å². The van der Waals surface area contributed by atoms with E-state index in [0.29, 0.717) is 30.5 Å². The third-order valence-corrected chi connectivity index (χ3v) is 6.60. The van der Waals surface area contributed by atoms with E-state index in [9.17, 15) is 19.8 Å². The molecule has 0 spiro atoms. The van der Waals surface area contributed by atoms with Gasteiger partial charge in [0.15, 0.2) is 11.5 Å². The monoisotopic (exact) mass is 489 g/mol. The fourth-order valence-corrected chi connectivity index (χ4v) is 4.89. The number of methoxy groups -OCH3 is 1. The van der Waals surface area contributed by atoms with Gasteiger partial charge in [-0.25, -0.2) is 4.98 Å². The molecular weight excluding hydrogens is 462 g/mol. The number of likely N-dealkylation sites (tertiary alicyclic amines) is 1. The van der Waals surface area contributed by atoms with Crippen LogP contribution in [0.15, 0.2) is 60.7 Å². The summed E-state index contributed by atoms with van der Waals surface area (Å²) < 4.78 is 12.9. The Kier molecular flexibility index (Phi) is 6.13. The molecule has 0 radical (unpaired) electrons. The smallest absolute Gasteiger partial charge is 0.295 e. The molecular formula is C27H27N3O6. The minimum Gasteiger partial charge on any atom is -0.507 e. The van der Waals surface area contributed by atoms with Gasteiger partial charge in [-0.05, 0) is 54.8 Å².